The lowest BCUT2D eigenvalue weighted by Gasteiger charge is -2.25. The van der Waals surface area contributed by atoms with E-state index in [0.717, 1.165) is 0 Å². The number of carbonyl (C=O) groups is 1. The van der Waals surface area contributed by atoms with Crippen LogP contribution in [0.4, 0.5) is 5.69 Å². The van der Waals surface area contributed by atoms with Gasteiger partial charge in [-0.05, 0) is 12.1 Å². The molecule has 1 aromatic carbocycles. The van der Waals surface area contributed by atoms with Crippen LogP contribution in [0.15, 0.2) is 23.2 Å². The molecule has 0 spiro atoms. The zero-order valence-corrected chi connectivity index (χ0v) is 15.8. The van der Waals surface area contributed by atoms with Gasteiger partial charge in [0.05, 0.1) is 37.8 Å². The van der Waals surface area contributed by atoms with Crippen LogP contribution in [0.1, 0.15) is 6.42 Å². The van der Waals surface area contributed by atoms with Crippen LogP contribution in [0.25, 0.3) is 0 Å². The number of thioether (sulfide) groups is 1. The van der Waals surface area contributed by atoms with Gasteiger partial charge in [-0.1, -0.05) is 11.8 Å². The van der Waals surface area contributed by atoms with Crippen LogP contribution in [0, 0.1) is 11.3 Å². The van der Waals surface area contributed by atoms with Crippen LogP contribution in [-0.4, -0.2) is 56.5 Å². The Bertz CT molecular complexity index is 907. The number of amidine groups is 1. The van der Waals surface area contributed by atoms with Gasteiger partial charge in [0, 0.05) is 17.0 Å². The average molecular weight is 395 g/mol. The first-order valence-corrected chi connectivity index (χ1v) is 10.5. The van der Waals surface area contributed by atoms with Crippen molar-refractivity contribution in [2.24, 2.45) is 4.99 Å². The summed E-state index contributed by atoms with van der Waals surface area (Å²) in [5, 5.41) is 8.88. The summed E-state index contributed by atoms with van der Waals surface area (Å²) < 4.78 is 34.6. The Morgan fingerprint density at radius 3 is 2.73 bits per heavy atom. The monoisotopic (exact) mass is 395 g/mol. The maximum Gasteiger partial charge on any atom is 0.262 e. The van der Waals surface area contributed by atoms with E-state index in [1.165, 1.54) is 26.0 Å². The second-order valence-electron chi connectivity index (χ2n) is 5.83. The molecule has 2 fully saturated rings. The molecule has 1 amide bonds. The minimum absolute atomic E-state index is 0.00945. The number of amides is 1. The van der Waals surface area contributed by atoms with Gasteiger partial charge < -0.3 is 14.4 Å². The highest BCUT2D eigenvalue weighted by Gasteiger charge is 2.49. The molecule has 0 aromatic heterocycles. The number of aliphatic imine (C=N–C) groups is 1. The zero-order chi connectivity index (χ0) is 18.9. The van der Waals surface area contributed by atoms with Crippen molar-refractivity contribution >= 4 is 38.4 Å². The summed E-state index contributed by atoms with van der Waals surface area (Å²) in [5.74, 6) is 0.505. The minimum atomic E-state index is -3.15. The van der Waals surface area contributed by atoms with E-state index in [1.807, 2.05) is 0 Å². The fourth-order valence-electron chi connectivity index (χ4n) is 3.06. The highest BCUT2D eigenvalue weighted by molar-refractivity contribution is 8.16. The second-order valence-corrected chi connectivity index (χ2v) is 9.19. The zero-order valence-electron chi connectivity index (χ0n) is 14.2. The molecule has 3 rings (SSSR count). The Hall–Kier alpha value is -2.25. The van der Waals surface area contributed by atoms with Gasteiger partial charge in [0.15, 0.2) is 26.5 Å². The number of hydrogen-bond acceptors (Lipinski definition) is 7. The Labute approximate surface area is 155 Å². The smallest absolute Gasteiger partial charge is 0.262 e. The molecular formula is C16H17N3O5S2. The quantitative estimate of drug-likeness (QED) is 0.749. The first-order valence-electron chi connectivity index (χ1n) is 7.75. The minimum Gasteiger partial charge on any atom is -0.493 e. The third kappa shape index (κ3) is 3.50. The van der Waals surface area contributed by atoms with Crippen molar-refractivity contribution in [2.75, 3.05) is 30.6 Å². The van der Waals surface area contributed by atoms with Crippen molar-refractivity contribution in [1.82, 2.24) is 0 Å². The largest absolute Gasteiger partial charge is 0.493 e. The third-order valence-electron chi connectivity index (χ3n) is 4.16. The van der Waals surface area contributed by atoms with Crippen molar-refractivity contribution in [2.45, 2.75) is 17.7 Å². The molecule has 2 heterocycles. The molecule has 26 heavy (non-hydrogen) atoms. The number of fused-ring (bicyclic) bond motifs is 1. The lowest BCUT2D eigenvalue weighted by atomic mass is 10.2. The Balaban J connectivity index is 2.03. The number of sulfone groups is 1. The van der Waals surface area contributed by atoms with Crippen LogP contribution >= 0.6 is 11.8 Å². The fourth-order valence-corrected chi connectivity index (χ4v) is 6.99. The molecule has 0 N–H and O–H groups in total. The van der Waals surface area contributed by atoms with Gasteiger partial charge in [-0.2, -0.15) is 10.3 Å². The molecule has 2 atom stereocenters. The van der Waals surface area contributed by atoms with Crippen molar-refractivity contribution in [3.05, 3.63) is 18.2 Å². The Morgan fingerprint density at radius 1 is 1.35 bits per heavy atom. The van der Waals surface area contributed by atoms with E-state index in [-0.39, 0.29) is 29.2 Å². The summed E-state index contributed by atoms with van der Waals surface area (Å²) in [6.07, 6.45) is -0.322. The molecule has 10 heteroatoms. The summed E-state index contributed by atoms with van der Waals surface area (Å²) in [6.45, 7) is 0. The summed E-state index contributed by atoms with van der Waals surface area (Å²) in [6, 6.07) is 6.65. The molecule has 2 saturated heterocycles. The maximum atomic E-state index is 12.0. The highest BCUT2D eigenvalue weighted by atomic mass is 32.2. The highest BCUT2D eigenvalue weighted by Crippen LogP contribution is 2.43. The van der Waals surface area contributed by atoms with Gasteiger partial charge in [0.1, 0.15) is 6.42 Å². The Kier molecular flexibility index (Phi) is 5.11. The maximum absolute atomic E-state index is 12.0. The number of nitriles is 1. The number of hydrogen-bond donors (Lipinski definition) is 0. The van der Waals surface area contributed by atoms with E-state index in [4.69, 9.17) is 14.7 Å². The first-order chi connectivity index (χ1) is 12.4. The molecule has 2 aliphatic heterocycles. The molecule has 8 nitrogen and oxygen atoms in total. The number of ether oxygens (including phenoxy) is 2. The molecule has 1 aromatic rings. The van der Waals surface area contributed by atoms with E-state index >= 15 is 0 Å². The van der Waals surface area contributed by atoms with Gasteiger partial charge >= 0.3 is 0 Å². The van der Waals surface area contributed by atoms with Gasteiger partial charge in [0.2, 0.25) is 0 Å². The van der Waals surface area contributed by atoms with Crippen molar-refractivity contribution in [3.63, 3.8) is 0 Å². The number of carbonyl (C=O) groups excluding carboxylic acids is 1. The SMILES string of the molecule is COc1ccc(N2C(=NC(=O)CC#N)S[C@@H]3CS(=O)(=O)C[C@@H]32)cc1OC. The number of nitrogens with zero attached hydrogens (tertiary/aromatic N) is 3. The molecule has 138 valence electrons. The third-order valence-corrected chi connectivity index (χ3v) is 7.37. The molecular weight excluding hydrogens is 378 g/mol. The van der Waals surface area contributed by atoms with Crippen LogP contribution < -0.4 is 14.4 Å². The standard InChI is InChI=1S/C16H17N3O5S2/c1-23-12-4-3-10(7-13(12)24-2)19-11-8-26(21,22)9-14(11)25-16(19)18-15(20)5-6-17/h3-4,7,11,14H,5,8-9H2,1-2H3/t11-,14+/m0/s1. The topological polar surface area (TPSA) is 109 Å². The molecule has 0 unspecified atom stereocenters. The van der Waals surface area contributed by atoms with Gasteiger partial charge in [-0.3, -0.25) is 4.79 Å². The number of rotatable bonds is 4. The first kappa shape index (κ1) is 18.5. The molecule has 2 aliphatic rings. The van der Waals surface area contributed by atoms with E-state index in [1.54, 1.807) is 29.2 Å². The average Bonchev–Trinajstić information content (AvgIpc) is 3.05. The predicted molar refractivity (Wildman–Crippen MR) is 98.5 cm³/mol. The van der Waals surface area contributed by atoms with Gasteiger partial charge in [-0.25, -0.2) is 8.42 Å². The fraction of sp³-hybridized carbons (Fsp3) is 0.438. The summed E-state index contributed by atoms with van der Waals surface area (Å²) >= 11 is 1.26. The number of methoxy groups -OCH3 is 2. The number of anilines is 1. The van der Waals surface area contributed by atoms with Crippen LogP contribution in [0.3, 0.4) is 0 Å². The lowest BCUT2D eigenvalue weighted by molar-refractivity contribution is -0.116. The summed E-state index contributed by atoms with van der Waals surface area (Å²) in [5.41, 5.74) is 0.656. The van der Waals surface area contributed by atoms with Crippen LogP contribution in [0.5, 0.6) is 11.5 Å². The van der Waals surface area contributed by atoms with E-state index < -0.39 is 15.7 Å². The van der Waals surface area contributed by atoms with E-state index in [2.05, 4.69) is 4.99 Å². The molecule has 0 saturated carbocycles. The summed E-state index contributed by atoms with van der Waals surface area (Å²) in [7, 11) is -0.115. The normalized spacial score (nSPS) is 25.0. The van der Waals surface area contributed by atoms with Crippen molar-refractivity contribution in [3.8, 4) is 17.6 Å². The second kappa shape index (κ2) is 7.17. The lowest BCUT2D eigenvalue weighted by Crippen LogP contribution is -2.37. The van der Waals surface area contributed by atoms with Crippen LogP contribution in [-0.2, 0) is 14.6 Å². The molecule has 0 bridgehead atoms. The van der Waals surface area contributed by atoms with Gasteiger partial charge in [0.25, 0.3) is 5.91 Å². The van der Waals surface area contributed by atoms with Crippen molar-refractivity contribution in [1.29, 1.82) is 5.26 Å². The summed E-state index contributed by atoms with van der Waals surface area (Å²) in [4.78, 5) is 17.6. The van der Waals surface area contributed by atoms with E-state index in [9.17, 15) is 13.2 Å². The molecule has 0 aliphatic carbocycles. The van der Waals surface area contributed by atoms with Gasteiger partial charge in [-0.15, -0.1) is 0 Å². The van der Waals surface area contributed by atoms with E-state index in [0.29, 0.717) is 22.4 Å². The van der Waals surface area contributed by atoms with Crippen molar-refractivity contribution < 1.29 is 22.7 Å². The van der Waals surface area contributed by atoms with Crippen LogP contribution in [0.2, 0.25) is 0 Å². The molecule has 0 radical (unpaired) electrons. The predicted octanol–water partition coefficient (Wildman–Crippen LogP) is 1.22. The number of benzene rings is 1. The Morgan fingerprint density at radius 2 is 2.08 bits per heavy atom.